The van der Waals surface area contributed by atoms with Gasteiger partial charge in [-0.15, -0.1) is 0 Å². The second-order valence-corrected chi connectivity index (χ2v) is 6.46. The van der Waals surface area contributed by atoms with Crippen LogP contribution in [0.1, 0.15) is 17.0 Å². The molecule has 2 aromatic carbocycles. The number of imidazole rings is 1. The maximum atomic E-state index is 11.9. The molecule has 1 amide bonds. The molecule has 0 aliphatic carbocycles. The number of nitro groups is 1. The number of rotatable bonds is 8. The van der Waals surface area contributed by atoms with Crippen molar-refractivity contribution < 1.29 is 19.2 Å². The van der Waals surface area contributed by atoms with Crippen LogP contribution in [0.25, 0.3) is 0 Å². The van der Waals surface area contributed by atoms with Crippen LogP contribution in [0.5, 0.6) is 5.75 Å². The smallest absolute Gasteiger partial charge is 0.411 e. The molecule has 3 rings (SSSR count). The first-order chi connectivity index (χ1) is 15.0. The number of benzene rings is 2. The first-order valence-electron chi connectivity index (χ1n) is 9.28. The van der Waals surface area contributed by atoms with Crippen LogP contribution in [0.15, 0.2) is 54.7 Å². The molecule has 0 unspecified atom stereocenters. The largest absolute Gasteiger partial charge is 0.489 e. The lowest BCUT2D eigenvalue weighted by Crippen LogP contribution is -2.18. The molecule has 1 aromatic heterocycles. The van der Waals surface area contributed by atoms with E-state index in [2.05, 4.69) is 16.4 Å². The Kier molecular flexibility index (Phi) is 6.80. The van der Waals surface area contributed by atoms with E-state index < -0.39 is 11.0 Å². The summed E-state index contributed by atoms with van der Waals surface area (Å²) in [4.78, 5) is 26.3. The summed E-state index contributed by atoms with van der Waals surface area (Å²) in [7, 11) is 0. The van der Waals surface area contributed by atoms with Gasteiger partial charge in [0.15, 0.2) is 5.82 Å². The van der Waals surface area contributed by atoms with Crippen LogP contribution in [0, 0.1) is 28.4 Å². The summed E-state index contributed by atoms with van der Waals surface area (Å²) < 4.78 is 12.1. The molecule has 31 heavy (non-hydrogen) atoms. The molecule has 0 atom stereocenters. The molecule has 0 aliphatic heterocycles. The molecule has 1 heterocycles. The summed E-state index contributed by atoms with van der Waals surface area (Å²) in [6, 6.07) is 15.9. The zero-order valence-corrected chi connectivity index (χ0v) is 16.6. The second-order valence-electron chi connectivity index (χ2n) is 6.46. The van der Waals surface area contributed by atoms with Crippen LogP contribution in [0.2, 0.25) is 0 Å². The van der Waals surface area contributed by atoms with Crippen molar-refractivity contribution >= 4 is 17.6 Å². The van der Waals surface area contributed by atoms with Crippen molar-refractivity contribution in [2.75, 3.05) is 11.9 Å². The number of nitrogens with zero attached hydrogens (tertiary/aromatic N) is 4. The summed E-state index contributed by atoms with van der Waals surface area (Å²) in [6.07, 6.45) is 0.493. The Morgan fingerprint density at radius 1 is 1.23 bits per heavy atom. The molecular weight excluding hydrogens is 402 g/mol. The van der Waals surface area contributed by atoms with E-state index >= 15 is 0 Å². The van der Waals surface area contributed by atoms with Gasteiger partial charge < -0.3 is 19.6 Å². The number of nitriles is 1. The first kappa shape index (κ1) is 21.3. The van der Waals surface area contributed by atoms with Crippen LogP contribution < -0.4 is 10.1 Å². The number of aromatic nitrogens is 2. The summed E-state index contributed by atoms with van der Waals surface area (Å²) in [5, 5.41) is 22.3. The van der Waals surface area contributed by atoms with E-state index in [9.17, 15) is 14.9 Å². The van der Waals surface area contributed by atoms with E-state index in [1.807, 2.05) is 12.1 Å². The van der Waals surface area contributed by atoms with Gasteiger partial charge in [0.2, 0.25) is 0 Å². The third-order valence-corrected chi connectivity index (χ3v) is 4.36. The fourth-order valence-electron chi connectivity index (χ4n) is 2.74. The van der Waals surface area contributed by atoms with Gasteiger partial charge in [0.1, 0.15) is 31.7 Å². The molecule has 0 fully saturated rings. The van der Waals surface area contributed by atoms with E-state index in [4.69, 9.17) is 14.7 Å². The van der Waals surface area contributed by atoms with Crippen molar-refractivity contribution in [3.63, 3.8) is 0 Å². The van der Waals surface area contributed by atoms with Gasteiger partial charge in [0.25, 0.3) is 0 Å². The van der Waals surface area contributed by atoms with Crippen molar-refractivity contribution in [2.24, 2.45) is 0 Å². The first-order valence-corrected chi connectivity index (χ1v) is 9.28. The maximum absolute atomic E-state index is 11.9. The summed E-state index contributed by atoms with van der Waals surface area (Å²) in [5.74, 6) is 0.927. The summed E-state index contributed by atoms with van der Waals surface area (Å²) >= 11 is 0. The van der Waals surface area contributed by atoms with Gasteiger partial charge in [-0.2, -0.15) is 5.26 Å². The molecule has 0 spiro atoms. The topological polar surface area (TPSA) is 132 Å². The molecular formula is C21H19N5O5. The highest BCUT2D eigenvalue weighted by Gasteiger charge is 2.17. The van der Waals surface area contributed by atoms with E-state index in [0.29, 0.717) is 29.4 Å². The predicted molar refractivity (Wildman–Crippen MR) is 111 cm³/mol. The number of carbonyl (C=O) groups is 1. The zero-order chi connectivity index (χ0) is 22.2. The van der Waals surface area contributed by atoms with Crippen LogP contribution >= 0.6 is 0 Å². The molecule has 158 valence electrons. The summed E-state index contributed by atoms with van der Waals surface area (Å²) in [5.41, 5.74) is 2.03. The standard InChI is InChI=1S/C21H19N5O5/c1-15-23-13-20(26(28)29)25(15)10-11-30-21(27)24-18-6-8-19(9-7-18)31-14-17-4-2-16(12-22)3-5-17/h2-9,13H,10-11,14H2,1H3,(H,24,27). The Morgan fingerprint density at radius 2 is 1.94 bits per heavy atom. The molecule has 10 nitrogen and oxygen atoms in total. The van der Waals surface area contributed by atoms with Crippen molar-refractivity contribution in [3.8, 4) is 11.8 Å². The molecule has 0 saturated carbocycles. The molecule has 1 N–H and O–H groups in total. The average molecular weight is 421 g/mol. The molecule has 10 heteroatoms. The summed E-state index contributed by atoms with van der Waals surface area (Å²) in [6.45, 7) is 2.06. The number of anilines is 1. The Bertz CT molecular complexity index is 1100. The third kappa shape index (κ3) is 5.80. The lowest BCUT2D eigenvalue weighted by Gasteiger charge is -2.09. The number of aryl methyl sites for hydroxylation is 1. The number of carbonyl (C=O) groups excluding carboxylic acids is 1. The van der Waals surface area contributed by atoms with E-state index in [1.54, 1.807) is 43.3 Å². The minimum Gasteiger partial charge on any atom is -0.489 e. The fraction of sp³-hybridized carbons (Fsp3) is 0.190. The van der Waals surface area contributed by atoms with Crippen LogP contribution in [0.4, 0.5) is 16.3 Å². The number of ether oxygens (including phenoxy) is 2. The average Bonchev–Trinajstić information content (AvgIpc) is 3.14. The number of hydrogen-bond donors (Lipinski definition) is 1. The third-order valence-electron chi connectivity index (χ3n) is 4.36. The van der Waals surface area contributed by atoms with Crippen LogP contribution in [0.3, 0.4) is 0 Å². The van der Waals surface area contributed by atoms with E-state index in [-0.39, 0.29) is 19.0 Å². The van der Waals surface area contributed by atoms with Gasteiger partial charge >= 0.3 is 11.9 Å². The van der Waals surface area contributed by atoms with Gasteiger partial charge in [0.05, 0.1) is 11.6 Å². The minimum absolute atomic E-state index is 0.0460. The van der Waals surface area contributed by atoms with Crippen LogP contribution in [-0.2, 0) is 17.9 Å². The second kappa shape index (κ2) is 9.89. The molecule has 0 bridgehead atoms. The Hall–Kier alpha value is -4.39. The molecule has 0 saturated heterocycles. The Balaban J connectivity index is 1.45. The SMILES string of the molecule is Cc1ncc([N+](=O)[O-])n1CCOC(=O)Nc1ccc(OCc2ccc(C#N)cc2)cc1. The lowest BCUT2D eigenvalue weighted by atomic mass is 10.2. The van der Waals surface area contributed by atoms with Crippen molar-refractivity contribution in [2.45, 2.75) is 20.1 Å². The molecule has 0 aliphatic rings. The van der Waals surface area contributed by atoms with Gasteiger partial charge in [-0.1, -0.05) is 12.1 Å². The van der Waals surface area contributed by atoms with Crippen molar-refractivity contribution in [1.82, 2.24) is 9.55 Å². The van der Waals surface area contributed by atoms with E-state index in [0.717, 1.165) is 5.56 Å². The highest BCUT2D eigenvalue weighted by Crippen LogP contribution is 2.18. The fourth-order valence-corrected chi connectivity index (χ4v) is 2.74. The number of nitrogens with one attached hydrogen (secondary N) is 1. The Labute approximate surface area is 177 Å². The molecule has 3 aromatic rings. The van der Waals surface area contributed by atoms with Crippen molar-refractivity contribution in [3.05, 3.63) is 81.8 Å². The zero-order valence-electron chi connectivity index (χ0n) is 16.6. The maximum Gasteiger partial charge on any atom is 0.411 e. The lowest BCUT2D eigenvalue weighted by molar-refractivity contribution is -0.392. The Morgan fingerprint density at radius 3 is 2.58 bits per heavy atom. The van der Waals surface area contributed by atoms with Gasteiger partial charge in [-0.3, -0.25) is 5.32 Å². The van der Waals surface area contributed by atoms with E-state index in [1.165, 1.54) is 10.8 Å². The number of hydrogen-bond acceptors (Lipinski definition) is 7. The monoisotopic (exact) mass is 421 g/mol. The minimum atomic E-state index is -0.674. The van der Waals surface area contributed by atoms with Gasteiger partial charge in [-0.25, -0.2) is 14.3 Å². The van der Waals surface area contributed by atoms with Gasteiger partial charge in [0, 0.05) is 12.6 Å². The van der Waals surface area contributed by atoms with Crippen LogP contribution in [-0.4, -0.2) is 27.2 Å². The number of amides is 1. The molecule has 0 radical (unpaired) electrons. The normalized spacial score (nSPS) is 10.2. The van der Waals surface area contributed by atoms with Gasteiger partial charge in [-0.05, 0) is 46.9 Å². The quantitative estimate of drug-likeness (QED) is 0.432. The van der Waals surface area contributed by atoms with Crippen molar-refractivity contribution in [1.29, 1.82) is 5.26 Å². The predicted octanol–water partition coefficient (Wildman–Crippen LogP) is 3.80. The highest BCUT2D eigenvalue weighted by molar-refractivity contribution is 5.84. The highest BCUT2D eigenvalue weighted by atomic mass is 16.6.